The summed E-state index contributed by atoms with van der Waals surface area (Å²) in [6.45, 7) is 0. The van der Waals surface area contributed by atoms with Crippen molar-refractivity contribution in [1.82, 2.24) is 9.97 Å². The standard InChI is InChI=1S/C11H6BrClF3N3/c12-8-2-1-6(3-7(8)11(14,15)16)19-10-4-9(13)17-5-18-10/h1-5H,(H,17,18,19). The Morgan fingerprint density at radius 3 is 2.53 bits per heavy atom. The summed E-state index contributed by atoms with van der Waals surface area (Å²) in [6, 6.07) is 5.21. The molecule has 0 saturated carbocycles. The van der Waals surface area contributed by atoms with E-state index in [9.17, 15) is 13.2 Å². The second-order valence-electron chi connectivity index (χ2n) is 3.54. The molecule has 0 aliphatic carbocycles. The van der Waals surface area contributed by atoms with E-state index in [0.29, 0.717) is 5.82 Å². The van der Waals surface area contributed by atoms with E-state index < -0.39 is 11.7 Å². The summed E-state index contributed by atoms with van der Waals surface area (Å²) in [4.78, 5) is 7.53. The van der Waals surface area contributed by atoms with Gasteiger partial charge in [-0.1, -0.05) is 27.5 Å². The summed E-state index contributed by atoms with van der Waals surface area (Å²) in [5.74, 6) is 0.315. The minimum absolute atomic E-state index is 0.0220. The van der Waals surface area contributed by atoms with Gasteiger partial charge in [0.15, 0.2) is 0 Å². The number of nitrogens with one attached hydrogen (secondary N) is 1. The van der Waals surface area contributed by atoms with Crippen LogP contribution in [0.1, 0.15) is 5.56 Å². The molecule has 1 heterocycles. The molecule has 1 N–H and O–H groups in total. The molecule has 0 fully saturated rings. The molecule has 0 radical (unpaired) electrons. The van der Waals surface area contributed by atoms with Gasteiger partial charge in [-0.2, -0.15) is 13.2 Å². The van der Waals surface area contributed by atoms with Crippen molar-refractivity contribution in [3.05, 3.63) is 45.8 Å². The van der Waals surface area contributed by atoms with E-state index in [1.807, 2.05) is 0 Å². The van der Waals surface area contributed by atoms with E-state index in [1.165, 1.54) is 24.5 Å². The van der Waals surface area contributed by atoms with Gasteiger partial charge in [0.25, 0.3) is 0 Å². The van der Waals surface area contributed by atoms with E-state index >= 15 is 0 Å². The zero-order chi connectivity index (χ0) is 14.0. The Bertz CT molecular complexity index is 604. The van der Waals surface area contributed by atoms with Crippen molar-refractivity contribution in [2.75, 3.05) is 5.32 Å². The van der Waals surface area contributed by atoms with Crippen LogP contribution >= 0.6 is 27.5 Å². The lowest BCUT2D eigenvalue weighted by Gasteiger charge is -2.12. The van der Waals surface area contributed by atoms with Gasteiger partial charge in [-0.3, -0.25) is 0 Å². The highest BCUT2D eigenvalue weighted by Crippen LogP contribution is 2.36. The Kier molecular flexibility index (Phi) is 3.96. The monoisotopic (exact) mass is 351 g/mol. The quantitative estimate of drug-likeness (QED) is 0.799. The third-order valence-corrected chi connectivity index (χ3v) is 3.08. The number of aromatic nitrogens is 2. The number of nitrogens with zero attached hydrogens (tertiary/aromatic N) is 2. The topological polar surface area (TPSA) is 37.8 Å². The Morgan fingerprint density at radius 2 is 1.89 bits per heavy atom. The summed E-state index contributed by atoms with van der Waals surface area (Å²) in [5.41, 5.74) is -0.511. The van der Waals surface area contributed by atoms with Crippen molar-refractivity contribution in [3.8, 4) is 0 Å². The van der Waals surface area contributed by atoms with Crippen molar-refractivity contribution in [2.45, 2.75) is 6.18 Å². The molecular formula is C11H6BrClF3N3. The molecule has 1 aromatic carbocycles. The molecule has 0 aliphatic heterocycles. The number of rotatable bonds is 2. The van der Waals surface area contributed by atoms with Gasteiger partial charge in [0.1, 0.15) is 17.3 Å². The summed E-state index contributed by atoms with van der Waals surface area (Å²) in [7, 11) is 0. The van der Waals surface area contributed by atoms with Gasteiger partial charge in [0, 0.05) is 16.2 Å². The first-order chi connectivity index (χ1) is 8.86. The van der Waals surface area contributed by atoms with Crippen LogP contribution in [0.4, 0.5) is 24.7 Å². The molecule has 0 saturated heterocycles. The first-order valence-corrected chi connectivity index (χ1v) is 6.14. The van der Waals surface area contributed by atoms with Gasteiger partial charge < -0.3 is 5.32 Å². The minimum atomic E-state index is -4.43. The van der Waals surface area contributed by atoms with Crippen molar-refractivity contribution in [3.63, 3.8) is 0 Å². The molecule has 2 aromatic rings. The predicted octanol–water partition coefficient (Wildman–Crippen LogP) is 4.65. The molecule has 0 spiro atoms. The fraction of sp³-hybridized carbons (Fsp3) is 0.0909. The zero-order valence-corrected chi connectivity index (χ0v) is 11.5. The largest absolute Gasteiger partial charge is 0.417 e. The first kappa shape index (κ1) is 14.1. The molecule has 0 bridgehead atoms. The Morgan fingerprint density at radius 1 is 1.16 bits per heavy atom. The van der Waals surface area contributed by atoms with Gasteiger partial charge in [0.05, 0.1) is 5.56 Å². The Labute approximate surface area is 120 Å². The molecule has 0 aliphatic rings. The molecule has 100 valence electrons. The van der Waals surface area contributed by atoms with Crippen LogP contribution in [0.2, 0.25) is 5.15 Å². The fourth-order valence-corrected chi connectivity index (χ4v) is 1.99. The number of alkyl halides is 3. The van der Waals surface area contributed by atoms with Crippen LogP contribution in [0.25, 0.3) is 0 Å². The normalized spacial score (nSPS) is 11.4. The Balaban J connectivity index is 2.32. The fourth-order valence-electron chi connectivity index (χ4n) is 1.37. The smallest absolute Gasteiger partial charge is 0.340 e. The van der Waals surface area contributed by atoms with Crippen molar-refractivity contribution >= 4 is 39.0 Å². The van der Waals surface area contributed by atoms with E-state index in [2.05, 4.69) is 31.2 Å². The number of anilines is 2. The summed E-state index contributed by atoms with van der Waals surface area (Å²) >= 11 is 8.53. The third-order valence-electron chi connectivity index (χ3n) is 2.18. The molecular weight excluding hydrogens is 346 g/mol. The molecule has 3 nitrogen and oxygen atoms in total. The van der Waals surface area contributed by atoms with Crippen LogP contribution < -0.4 is 5.32 Å². The number of halogens is 5. The second-order valence-corrected chi connectivity index (χ2v) is 4.78. The van der Waals surface area contributed by atoms with Crippen LogP contribution in [-0.4, -0.2) is 9.97 Å². The van der Waals surface area contributed by atoms with Crippen LogP contribution in [0.5, 0.6) is 0 Å². The summed E-state index contributed by atoms with van der Waals surface area (Å²) < 4.78 is 38.2. The highest BCUT2D eigenvalue weighted by Gasteiger charge is 2.33. The van der Waals surface area contributed by atoms with Crippen LogP contribution in [0.3, 0.4) is 0 Å². The predicted molar refractivity (Wildman–Crippen MR) is 69.5 cm³/mol. The van der Waals surface area contributed by atoms with Crippen molar-refractivity contribution in [1.29, 1.82) is 0 Å². The lowest BCUT2D eigenvalue weighted by molar-refractivity contribution is -0.138. The van der Waals surface area contributed by atoms with E-state index in [4.69, 9.17) is 11.6 Å². The minimum Gasteiger partial charge on any atom is -0.340 e. The zero-order valence-electron chi connectivity index (χ0n) is 9.17. The van der Waals surface area contributed by atoms with Gasteiger partial charge in [0.2, 0.25) is 0 Å². The molecule has 19 heavy (non-hydrogen) atoms. The second kappa shape index (κ2) is 5.34. The molecule has 2 rings (SSSR count). The molecule has 0 unspecified atom stereocenters. The van der Waals surface area contributed by atoms with Gasteiger partial charge in [-0.05, 0) is 18.2 Å². The van der Waals surface area contributed by atoms with Crippen molar-refractivity contribution < 1.29 is 13.2 Å². The maximum absolute atomic E-state index is 12.7. The average molecular weight is 353 g/mol. The SMILES string of the molecule is FC(F)(F)c1cc(Nc2cc(Cl)ncn2)ccc1Br. The summed E-state index contributed by atoms with van der Waals surface area (Å²) in [5, 5.41) is 2.93. The lowest BCUT2D eigenvalue weighted by atomic mass is 10.2. The highest BCUT2D eigenvalue weighted by molar-refractivity contribution is 9.10. The van der Waals surface area contributed by atoms with Crippen LogP contribution in [0.15, 0.2) is 35.1 Å². The van der Waals surface area contributed by atoms with Crippen LogP contribution in [-0.2, 0) is 6.18 Å². The van der Waals surface area contributed by atoms with Crippen LogP contribution in [0, 0.1) is 0 Å². The van der Waals surface area contributed by atoms with Gasteiger partial charge in [-0.25, -0.2) is 9.97 Å². The maximum atomic E-state index is 12.7. The number of hydrogen-bond donors (Lipinski definition) is 1. The summed E-state index contributed by atoms with van der Waals surface area (Å²) in [6.07, 6.45) is -3.21. The Hall–Kier alpha value is -1.34. The van der Waals surface area contributed by atoms with E-state index in [1.54, 1.807) is 0 Å². The van der Waals surface area contributed by atoms with E-state index in [-0.39, 0.29) is 15.3 Å². The lowest BCUT2D eigenvalue weighted by Crippen LogP contribution is -2.07. The number of hydrogen-bond acceptors (Lipinski definition) is 3. The maximum Gasteiger partial charge on any atom is 0.417 e. The molecule has 8 heteroatoms. The average Bonchev–Trinajstić information content (AvgIpc) is 2.30. The van der Waals surface area contributed by atoms with E-state index in [0.717, 1.165) is 6.07 Å². The van der Waals surface area contributed by atoms with Crippen molar-refractivity contribution in [2.24, 2.45) is 0 Å². The third kappa shape index (κ3) is 3.57. The molecule has 0 atom stereocenters. The highest BCUT2D eigenvalue weighted by atomic mass is 79.9. The molecule has 0 amide bonds. The molecule has 1 aromatic heterocycles. The van der Waals surface area contributed by atoms with Gasteiger partial charge in [-0.15, -0.1) is 0 Å². The number of benzene rings is 1. The van der Waals surface area contributed by atoms with Gasteiger partial charge >= 0.3 is 6.18 Å². The first-order valence-electron chi connectivity index (χ1n) is 4.97.